The molecule has 0 radical (unpaired) electrons. The Morgan fingerprint density at radius 2 is 1.55 bits per heavy atom. The molecule has 4 rings (SSSR count). The van der Waals surface area contributed by atoms with Gasteiger partial charge in [-0.15, -0.1) is 0 Å². The highest BCUT2D eigenvalue weighted by atomic mass is 32.2. The van der Waals surface area contributed by atoms with Gasteiger partial charge in [-0.25, -0.2) is 8.42 Å². The number of fused-ring (bicyclic) bond motifs is 1. The molecule has 0 aromatic heterocycles. The fraction of sp³-hybridized carbons (Fsp3) is 0.387. The minimum atomic E-state index is -3.56. The molecular weight excluding hydrogens is 494 g/mol. The van der Waals surface area contributed by atoms with Crippen LogP contribution in [0.5, 0.6) is 0 Å². The Bertz CT molecular complexity index is 1380. The highest BCUT2D eigenvalue weighted by Gasteiger charge is 2.29. The van der Waals surface area contributed by atoms with Gasteiger partial charge in [-0.05, 0) is 82.0 Å². The first-order valence-electron chi connectivity index (χ1n) is 13.2. The second-order valence-electron chi connectivity index (χ2n) is 11.2. The Hall–Kier alpha value is -3.00. The molecule has 6 nitrogen and oxygen atoms in total. The first-order chi connectivity index (χ1) is 17.9. The second kappa shape index (κ2) is 11.4. The lowest BCUT2D eigenvalue weighted by atomic mass is 9.98. The summed E-state index contributed by atoms with van der Waals surface area (Å²) in [6.45, 7) is 13.4. The van der Waals surface area contributed by atoms with Gasteiger partial charge in [0.2, 0.25) is 10.0 Å². The molecule has 0 saturated heterocycles. The molecule has 1 aliphatic rings. The monoisotopic (exact) mass is 533 g/mol. The molecule has 1 amide bonds. The summed E-state index contributed by atoms with van der Waals surface area (Å²) in [6.07, 6.45) is 0.579. The summed E-state index contributed by atoms with van der Waals surface area (Å²) >= 11 is 0. The molecule has 0 unspecified atom stereocenters. The zero-order chi connectivity index (χ0) is 27.5. The molecule has 0 aliphatic carbocycles. The minimum Gasteiger partial charge on any atom is -0.351 e. The number of carbonyl (C=O) groups is 1. The topological polar surface area (TPSA) is 69.7 Å². The zero-order valence-electron chi connectivity index (χ0n) is 23.1. The Balaban J connectivity index is 1.36. The summed E-state index contributed by atoms with van der Waals surface area (Å²) in [4.78, 5) is 15.6. The zero-order valence-corrected chi connectivity index (χ0v) is 23.9. The van der Waals surface area contributed by atoms with E-state index < -0.39 is 10.0 Å². The number of hydrogen-bond acceptors (Lipinski definition) is 4. The molecule has 0 saturated carbocycles. The van der Waals surface area contributed by atoms with E-state index in [0.717, 1.165) is 29.8 Å². The number of benzene rings is 3. The van der Waals surface area contributed by atoms with Crippen LogP contribution in [0.15, 0.2) is 71.6 Å². The molecule has 7 heteroatoms. The first-order valence-corrected chi connectivity index (χ1v) is 14.6. The third kappa shape index (κ3) is 6.70. The van der Waals surface area contributed by atoms with E-state index in [4.69, 9.17) is 0 Å². The number of nitrogens with one attached hydrogen (secondary N) is 1. The molecule has 0 spiro atoms. The fourth-order valence-electron chi connectivity index (χ4n) is 4.70. The Kier molecular flexibility index (Phi) is 8.40. The maximum atomic E-state index is 13.1. The second-order valence-corrected chi connectivity index (χ2v) is 13.2. The van der Waals surface area contributed by atoms with Crippen LogP contribution in [0, 0.1) is 13.8 Å². The van der Waals surface area contributed by atoms with Crippen LogP contribution in [-0.4, -0.2) is 48.7 Å². The summed E-state index contributed by atoms with van der Waals surface area (Å²) in [7, 11) is -3.56. The lowest BCUT2D eigenvalue weighted by Crippen LogP contribution is -2.45. The first kappa shape index (κ1) is 28.0. The molecule has 3 aromatic rings. The van der Waals surface area contributed by atoms with Gasteiger partial charge in [-0.2, -0.15) is 4.31 Å². The van der Waals surface area contributed by atoms with Gasteiger partial charge in [-0.3, -0.25) is 9.69 Å². The van der Waals surface area contributed by atoms with Crippen LogP contribution in [0.4, 0.5) is 0 Å². The van der Waals surface area contributed by atoms with E-state index in [1.54, 1.807) is 18.2 Å². The number of aryl methyl sites for hydroxylation is 2. The Morgan fingerprint density at radius 3 is 2.18 bits per heavy atom. The molecule has 3 aromatic carbocycles. The van der Waals surface area contributed by atoms with E-state index >= 15 is 0 Å². The number of rotatable bonds is 8. The summed E-state index contributed by atoms with van der Waals surface area (Å²) in [5.74, 6) is -0.105. The normalized spacial score (nSPS) is 14.4. The summed E-state index contributed by atoms with van der Waals surface area (Å²) in [5, 5.41) is 3.08. The SMILES string of the molecule is Cc1ccc(CN(CCNC(=O)c2ccc3c(c2)CCN(S(=O)(=O)c2ccc(C)cc2)C3)C(C)(C)C)cc1. The van der Waals surface area contributed by atoms with Crippen LogP contribution in [0.25, 0.3) is 0 Å². The third-order valence-electron chi connectivity index (χ3n) is 7.21. The van der Waals surface area contributed by atoms with Crippen molar-refractivity contribution in [2.24, 2.45) is 0 Å². The average Bonchev–Trinajstić information content (AvgIpc) is 2.88. The Morgan fingerprint density at radius 1 is 0.921 bits per heavy atom. The van der Waals surface area contributed by atoms with Gasteiger partial charge in [0.05, 0.1) is 4.90 Å². The van der Waals surface area contributed by atoms with E-state index in [1.807, 2.05) is 31.2 Å². The number of sulfonamides is 1. The molecule has 202 valence electrons. The number of nitrogens with zero attached hydrogens (tertiary/aromatic N) is 2. The van der Waals surface area contributed by atoms with E-state index in [-0.39, 0.29) is 11.4 Å². The average molecular weight is 534 g/mol. The van der Waals surface area contributed by atoms with Crippen molar-refractivity contribution in [3.8, 4) is 0 Å². The minimum absolute atomic E-state index is 0.0355. The largest absolute Gasteiger partial charge is 0.351 e. The molecule has 1 N–H and O–H groups in total. The summed E-state index contributed by atoms with van der Waals surface area (Å²) in [5.41, 5.74) is 6.07. The van der Waals surface area contributed by atoms with Crippen LogP contribution in [0.2, 0.25) is 0 Å². The smallest absolute Gasteiger partial charge is 0.251 e. The van der Waals surface area contributed by atoms with Gasteiger partial charge >= 0.3 is 0 Å². The third-order valence-corrected chi connectivity index (χ3v) is 9.07. The highest BCUT2D eigenvalue weighted by molar-refractivity contribution is 7.89. The van der Waals surface area contributed by atoms with Crippen LogP contribution >= 0.6 is 0 Å². The van der Waals surface area contributed by atoms with Crippen LogP contribution in [0.1, 0.15) is 58.9 Å². The van der Waals surface area contributed by atoms with Crippen molar-refractivity contribution in [2.75, 3.05) is 19.6 Å². The van der Waals surface area contributed by atoms with Gasteiger partial charge in [0.15, 0.2) is 0 Å². The van der Waals surface area contributed by atoms with Crippen molar-refractivity contribution in [2.45, 2.75) is 64.6 Å². The lowest BCUT2D eigenvalue weighted by Gasteiger charge is -2.36. The molecular formula is C31H39N3O3S. The quantitative estimate of drug-likeness (QED) is 0.438. The van der Waals surface area contributed by atoms with Crippen molar-refractivity contribution in [3.63, 3.8) is 0 Å². The van der Waals surface area contributed by atoms with Gasteiger partial charge in [0.25, 0.3) is 5.91 Å². The van der Waals surface area contributed by atoms with Gasteiger partial charge < -0.3 is 5.32 Å². The molecule has 0 atom stereocenters. The standard InChI is InChI=1S/C31H39N3O3S/c1-23-6-10-25(11-7-23)21-33(31(3,4)5)19-17-32-30(35)27-12-13-28-22-34(18-16-26(28)20-27)38(36,37)29-14-8-24(2)9-15-29/h6-15,20H,16-19,21-22H2,1-5H3,(H,32,35). The van der Waals surface area contributed by atoms with E-state index in [2.05, 4.69) is 62.2 Å². The van der Waals surface area contributed by atoms with Gasteiger partial charge in [0, 0.05) is 43.8 Å². The molecule has 38 heavy (non-hydrogen) atoms. The predicted octanol–water partition coefficient (Wildman–Crippen LogP) is 5.08. The predicted molar refractivity (Wildman–Crippen MR) is 153 cm³/mol. The van der Waals surface area contributed by atoms with Crippen molar-refractivity contribution >= 4 is 15.9 Å². The molecule has 1 aliphatic heterocycles. The van der Waals surface area contributed by atoms with Crippen LogP contribution in [0.3, 0.4) is 0 Å². The maximum Gasteiger partial charge on any atom is 0.251 e. The Labute approximate surface area is 227 Å². The number of carbonyl (C=O) groups excluding carboxylic acids is 1. The van der Waals surface area contributed by atoms with Crippen LogP contribution in [-0.2, 0) is 29.5 Å². The van der Waals surface area contributed by atoms with Gasteiger partial charge in [0.1, 0.15) is 0 Å². The van der Waals surface area contributed by atoms with E-state index in [9.17, 15) is 13.2 Å². The van der Waals surface area contributed by atoms with Gasteiger partial charge in [-0.1, -0.05) is 53.6 Å². The molecule has 1 heterocycles. The number of hydrogen-bond donors (Lipinski definition) is 1. The summed E-state index contributed by atoms with van der Waals surface area (Å²) in [6, 6.07) is 21.1. The molecule has 0 bridgehead atoms. The lowest BCUT2D eigenvalue weighted by molar-refractivity contribution is 0.0921. The highest BCUT2D eigenvalue weighted by Crippen LogP contribution is 2.26. The van der Waals surface area contributed by atoms with Crippen LogP contribution < -0.4 is 5.32 Å². The summed E-state index contributed by atoms with van der Waals surface area (Å²) < 4.78 is 27.8. The van der Waals surface area contributed by atoms with E-state index in [0.29, 0.717) is 36.5 Å². The number of amides is 1. The van der Waals surface area contributed by atoms with Crippen molar-refractivity contribution in [1.29, 1.82) is 0 Å². The fourth-order valence-corrected chi connectivity index (χ4v) is 6.12. The van der Waals surface area contributed by atoms with Crippen molar-refractivity contribution in [3.05, 3.63) is 100 Å². The van der Waals surface area contributed by atoms with Crippen molar-refractivity contribution in [1.82, 2.24) is 14.5 Å². The van der Waals surface area contributed by atoms with Crippen molar-refractivity contribution < 1.29 is 13.2 Å². The van der Waals surface area contributed by atoms with E-state index in [1.165, 1.54) is 15.4 Å². The maximum absolute atomic E-state index is 13.1. The molecule has 0 fully saturated rings.